The minimum Gasteiger partial charge on any atom is -0.467 e. The van der Waals surface area contributed by atoms with Gasteiger partial charge in [-0.05, 0) is 81.0 Å². The topological polar surface area (TPSA) is 91.7 Å². The van der Waals surface area contributed by atoms with Crippen LogP contribution in [0.1, 0.15) is 59.8 Å². The van der Waals surface area contributed by atoms with Gasteiger partial charge in [-0.2, -0.15) is 0 Å². The molecule has 2 N–H and O–H groups in total. The molecule has 0 saturated carbocycles. The molecule has 0 spiro atoms. The van der Waals surface area contributed by atoms with Crippen LogP contribution in [0.5, 0.6) is 0 Å². The lowest BCUT2D eigenvalue weighted by molar-refractivity contribution is -0.128. The Hall–Kier alpha value is -3.39. The molecule has 2 aromatic heterocycles. The van der Waals surface area contributed by atoms with Gasteiger partial charge in [0.15, 0.2) is 6.04 Å². The molecule has 8 heteroatoms. The van der Waals surface area contributed by atoms with Crippen LogP contribution in [0.3, 0.4) is 0 Å². The number of furan rings is 1. The second kappa shape index (κ2) is 10.7. The van der Waals surface area contributed by atoms with Crippen LogP contribution in [0.4, 0.5) is 5.69 Å². The highest BCUT2D eigenvalue weighted by Crippen LogP contribution is 2.30. The highest BCUT2D eigenvalue weighted by molar-refractivity contribution is 7.12. The van der Waals surface area contributed by atoms with E-state index in [1.165, 1.54) is 22.5 Å². The zero-order chi connectivity index (χ0) is 24.9. The van der Waals surface area contributed by atoms with E-state index in [-0.39, 0.29) is 18.4 Å². The Labute approximate surface area is 204 Å². The Kier molecular flexibility index (Phi) is 7.94. The number of amides is 3. The molecule has 0 radical (unpaired) electrons. The zero-order valence-electron chi connectivity index (χ0n) is 20.2. The first-order valence-electron chi connectivity index (χ1n) is 11.2. The summed E-state index contributed by atoms with van der Waals surface area (Å²) in [4.78, 5) is 41.6. The number of aryl methyl sites for hydroxylation is 2. The van der Waals surface area contributed by atoms with Gasteiger partial charge in [-0.25, -0.2) is 0 Å². The van der Waals surface area contributed by atoms with Crippen LogP contribution in [-0.2, 0) is 9.59 Å². The molecule has 1 unspecified atom stereocenters. The van der Waals surface area contributed by atoms with E-state index in [1.54, 1.807) is 29.6 Å². The summed E-state index contributed by atoms with van der Waals surface area (Å²) in [6, 6.07) is 11.5. The molecule has 3 aromatic rings. The molecule has 3 amide bonds. The third-order valence-electron chi connectivity index (χ3n) is 5.56. The van der Waals surface area contributed by atoms with E-state index in [0.717, 1.165) is 11.1 Å². The maximum Gasteiger partial charge on any atom is 0.261 e. The number of carbonyl (C=O) groups excluding carboxylic acids is 3. The number of hydrogen-bond donors (Lipinski definition) is 2. The van der Waals surface area contributed by atoms with Crippen molar-refractivity contribution in [3.63, 3.8) is 0 Å². The Bertz CT molecular complexity index is 1120. The van der Waals surface area contributed by atoms with Gasteiger partial charge in [-0.15, -0.1) is 11.3 Å². The first-order chi connectivity index (χ1) is 16.1. The average Bonchev–Trinajstić information content (AvgIpc) is 3.48. The predicted octanol–water partition coefficient (Wildman–Crippen LogP) is 4.77. The molecule has 7 nitrogen and oxygen atoms in total. The number of anilines is 1. The summed E-state index contributed by atoms with van der Waals surface area (Å²) in [5.74, 6) is -0.795. The van der Waals surface area contributed by atoms with Gasteiger partial charge < -0.3 is 15.1 Å². The molecule has 0 saturated heterocycles. The molecule has 34 heavy (non-hydrogen) atoms. The summed E-state index contributed by atoms with van der Waals surface area (Å²) >= 11 is 1.29. The number of thiophene rings is 1. The third-order valence-corrected chi connectivity index (χ3v) is 6.43. The van der Waals surface area contributed by atoms with E-state index >= 15 is 0 Å². The van der Waals surface area contributed by atoms with Crippen LogP contribution in [-0.4, -0.2) is 29.8 Å². The molecule has 0 bridgehead atoms. The smallest absolute Gasteiger partial charge is 0.261 e. The van der Waals surface area contributed by atoms with Crippen molar-refractivity contribution < 1.29 is 18.8 Å². The number of nitrogens with one attached hydrogen (secondary N) is 2. The maximum absolute atomic E-state index is 13.6. The van der Waals surface area contributed by atoms with Crippen LogP contribution >= 0.6 is 11.3 Å². The van der Waals surface area contributed by atoms with Gasteiger partial charge in [0.1, 0.15) is 5.76 Å². The predicted molar refractivity (Wildman–Crippen MR) is 134 cm³/mol. The van der Waals surface area contributed by atoms with Gasteiger partial charge in [0.25, 0.3) is 11.8 Å². The van der Waals surface area contributed by atoms with Crippen molar-refractivity contribution >= 4 is 34.7 Å². The molecule has 0 fully saturated rings. The largest absolute Gasteiger partial charge is 0.467 e. The van der Waals surface area contributed by atoms with Crippen molar-refractivity contribution in [2.75, 3.05) is 11.4 Å². The molecular weight excluding hydrogens is 450 g/mol. The Morgan fingerprint density at radius 2 is 1.79 bits per heavy atom. The van der Waals surface area contributed by atoms with Crippen molar-refractivity contribution in [1.29, 1.82) is 0 Å². The van der Waals surface area contributed by atoms with Crippen molar-refractivity contribution in [2.24, 2.45) is 0 Å². The molecule has 1 aromatic carbocycles. The molecule has 180 valence electrons. The molecule has 2 heterocycles. The van der Waals surface area contributed by atoms with E-state index < -0.39 is 17.5 Å². The van der Waals surface area contributed by atoms with Crippen LogP contribution in [0.25, 0.3) is 0 Å². The lowest BCUT2D eigenvalue weighted by atomic mass is 10.00. The average molecular weight is 482 g/mol. The van der Waals surface area contributed by atoms with Gasteiger partial charge in [-0.1, -0.05) is 19.1 Å². The van der Waals surface area contributed by atoms with Crippen molar-refractivity contribution in [3.05, 3.63) is 75.9 Å². The van der Waals surface area contributed by atoms with Crippen molar-refractivity contribution in [1.82, 2.24) is 10.6 Å². The Morgan fingerprint density at radius 1 is 1.09 bits per heavy atom. The molecule has 3 rings (SSSR count). The maximum atomic E-state index is 13.6. The van der Waals surface area contributed by atoms with Crippen LogP contribution in [0.2, 0.25) is 0 Å². The molecular formula is C26H31N3O4S. The quantitative estimate of drug-likeness (QED) is 0.461. The summed E-state index contributed by atoms with van der Waals surface area (Å²) in [5.41, 5.74) is 1.97. The highest BCUT2D eigenvalue weighted by Gasteiger charge is 2.37. The van der Waals surface area contributed by atoms with E-state index in [2.05, 4.69) is 10.6 Å². The van der Waals surface area contributed by atoms with Gasteiger partial charge in [0.05, 0.1) is 17.7 Å². The standard InChI is InChI=1S/C26H31N3O4S/c1-6-26(4,5)28-25(32)23(20-9-7-11-33-20)29(19-14-17(2)13-18(3)15-19)22(30)16-27-24(31)21-10-8-12-34-21/h7-15,23H,6,16H2,1-5H3,(H,27,31)(H,28,32). The van der Waals surface area contributed by atoms with E-state index in [1.807, 2.05) is 52.8 Å². The second-order valence-corrected chi connectivity index (χ2v) is 9.86. The van der Waals surface area contributed by atoms with Gasteiger partial charge >= 0.3 is 0 Å². The SMILES string of the molecule is CCC(C)(C)NC(=O)C(c1ccco1)N(C(=O)CNC(=O)c1cccs1)c1cc(C)cc(C)c1. The van der Waals surface area contributed by atoms with Gasteiger partial charge in [0, 0.05) is 11.2 Å². The Morgan fingerprint density at radius 3 is 2.35 bits per heavy atom. The fraction of sp³-hybridized carbons (Fsp3) is 0.346. The van der Waals surface area contributed by atoms with E-state index in [9.17, 15) is 14.4 Å². The summed E-state index contributed by atoms with van der Waals surface area (Å²) in [6.07, 6.45) is 2.18. The van der Waals surface area contributed by atoms with Crippen LogP contribution in [0, 0.1) is 13.8 Å². The van der Waals surface area contributed by atoms with E-state index in [4.69, 9.17) is 4.42 Å². The molecule has 0 aliphatic heterocycles. The summed E-state index contributed by atoms with van der Waals surface area (Å²) in [5, 5.41) is 7.52. The number of carbonyl (C=O) groups is 3. The minimum atomic E-state index is -1.05. The lowest BCUT2D eigenvalue weighted by Crippen LogP contribution is -2.52. The zero-order valence-corrected chi connectivity index (χ0v) is 21.0. The third kappa shape index (κ3) is 6.14. The fourth-order valence-corrected chi connectivity index (χ4v) is 4.21. The van der Waals surface area contributed by atoms with Gasteiger partial charge in [-0.3, -0.25) is 19.3 Å². The van der Waals surface area contributed by atoms with Crippen LogP contribution in [0.15, 0.2) is 58.5 Å². The second-order valence-electron chi connectivity index (χ2n) is 8.91. The Balaban J connectivity index is 2.01. The molecule has 0 aliphatic carbocycles. The van der Waals surface area contributed by atoms with Gasteiger partial charge in [0.2, 0.25) is 5.91 Å². The van der Waals surface area contributed by atoms with Crippen molar-refractivity contribution in [3.8, 4) is 0 Å². The molecule has 1 atom stereocenters. The summed E-state index contributed by atoms with van der Waals surface area (Å²) < 4.78 is 5.62. The molecule has 0 aliphatic rings. The monoisotopic (exact) mass is 481 g/mol. The number of nitrogens with zero attached hydrogens (tertiary/aromatic N) is 1. The van der Waals surface area contributed by atoms with E-state index in [0.29, 0.717) is 22.7 Å². The number of rotatable bonds is 9. The first-order valence-corrected chi connectivity index (χ1v) is 12.1. The minimum absolute atomic E-state index is 0.272. The fourth-order valence-electron chi connectivity index (χ4n) is 3.57. The summed E-state index contributed by atoms with van der Waals surface area (Å²) in [6.45, 7) is 9.42. The lowest BCUT2D eigenvalue weighted by Gasteiger charge is -2.33. The highest BCUT2D eigenvalue weighted by atomic mass is 32.1. The normalized spacial score (nSPS) is 12.1. The van der Waals surface area contributed by atoms with Crippen molar-refractivity contribution in [2.45, 2.75) is 52.6 Å². The number of benzene rings is 1. The van der Waals surface area contributed by atoms with Crippen LogP contribution < -0.4 is 15.5 Å². The first kappa shape index (κ1) is 25.2. The summed E-state index contributed by atoms with van der Waals surface area (Å²) in [7, 11) is 0. The number of hydrogen-bond acceptors (Lipinski definition) is 5.